The molecule has 0 saturated heterocycles. The summed E-state index contributed by atoms with van der Waals surface area (Å²) in [6, 6.07) is 8.03. The van der Waals surface area contributed by atoms with Crippen LogP contribution in [0.25, 0.3) is 0 Å². The molecule has 90 valence electrons. The van der Waals surface area contributed by atoms with Crippen LogP contribution in [0.3, 0.4) is 0 Å². The molecule has 0 saturated carbocycles. The summed E-state index contributed by atoms with van der Waals surface area (Å²) in [6.07, 6.45) is 0. The topological polar surface area (TPSA) is 43.7 Å². The number of para-hydroxylation sites is 1. The Hall–Kier alpha value is -1.06. The second-order valence-electron chi connectivity index (χ2n) is 4.26. The summed E-state index contributed by atoms with van der Waals surface area (Å²) >= 11 is 0. The van der Waals surface area contributed by atoms with E-state index in [0.29, 0.717) is 0 Å². The van der Waals surface area contributed by atoms with Crippen molar-refractivity contribution in [1.82, 2.24) is 0 Å². The minimum absolute atomic E-state index is 0.00301. The molecule has 0 aromatic heterocycles. The number of hydrogen-bond acceptors (Lipinski definition) is 3. The molecule has 1 aromatic carbocycles. The first kappa shape index (κ1) is 13.0. The zero-order valence-electron chi connectivity index (χ0n) is 10.2. The van der Waals surface area contributed by atoms with Crippen molar-refractivity contribution in [3.63, 3.8) is 0 Å². The highest BCUT2D eigenvalue weighted by Crippen LogP contribution is 2.23. The Kier molecular flexibility index (Phi) is 4.77. The molecule has 2 N–H and O–H groups in total. The minimum Gasteiger partial charge on any atom is -0.394 e. The lowest BCUT2D eigenvalue weighted by molar-refractivity contribution is 0.230. The number of aryl methyl sites for hydroxylation is 1. The number of rotatable bonds is 5. The second kappa shape index (κ2) is 5.87. The van der Waals surface area contributed by atoms with Crippen molar-refractivity contribution in [2.45, 2.75) is 32.9 Å². The fraction of sp³-hybridized carbons (Fsp3) is 0.538. The quantitative estimate of drug-likeness (QED) is 0.796. The molecule has 16 heavy (non-hydrogen) atoms. The van der Waals surface area contributed by atoms with Crippen molar-refractivity contribution in [3.8, 4) is 0 Å². The number of aliphatic hydroxyl groups is 2. The maximum Gasteiger partial charge on any atom is 0.0632 e. The van der Waals surface area contributed by atoms with E-state index in [2.05, 4.69) is 4.90 Å². The van der Waals surface area contributed by atoms with Gasteiger partial charge in [-0.25, -0.2) is 0 Å². The summed E-state index contributed by atoms with van der Waals surface area (Å²) < 4.78 is 0. The fourth-order valence-electron chi connectivity index (χ4n) is 1.94. The lowest BCUT2D eigenvalue weighted by atomic mass is 10.1. The smallest absolute Gasteiger partial charge is 0.0632 e. The molecule has 0 spiro atoms. The molecular weight excluding hydrogens is 202 g/mol. The van der Waals surface area contributed by atoms with E-state index in [-0.39, 0.29) is 25.3 Å². The molecule has 0 aliphatic heterocycles. The van der Waals surface area contributed by atoms with E-state index >= 15 is 0 Å². The van der Waals surface area contributed by atoms with Crippen molar-refractivity contribution in [2.24, 2.45) is 0 Å². The van der Waals surface area contributed by atoms with E-state index in [1.165, 1.54) is 0 Å². The normalized spacial score (nSPS) is 14.6. The molecule has 1 rings (SSSR count). The average molecular weight is 223 g/mol. The van der Waals surface area contributed by atoms with Crippen molar-refractivity contribution < 1.29 is 10.2 Å². The third kappa shape index (κ3) is 2.74. The van der Waals surface area contributed by atoms with Gasteiger partial charge < -0.3 is 15.1 Å². The molecule has 0 radical (unpaired) electrons. The Balaban J connectivity index is 3.06. The zero-order valence-corrected chi connectivity index (χ0v) is 10.2. The van der Waals surface area contributed by atoms with Gasteiger partial charge in [0, 0.05) is 17.8 Å². The second-order valence-corrected chi connectivity index (χ2v) is 4.26. The highest BCUT2D eigenvalue weighted by atomic mass is 16.3. The number of hydrogen-bond donors (Lipinski definition) is 2. The van der Waals surface area contributed by atoms with E-state index in [9.17, 15) is 10.2 Å². The predicted molar refractivity (Wildman–Crippen MR) is 66.8 cm³/mol. The van der Waals surface area contributed by atoms with Crippen LogP contribution < -0.4 is 4.90 Å². The van der Waals surface area contributed by atoms with Gasteiger partial charge in [-0.3, -0.25) is 0 Å². The fourth-order valence-corrected chi connectivity index (χ4v) is 1.94. The highest BCUT2D eigenvalue weighted by Gasteiger charge is 2.20. The lowest BCUT2D eigenvalue weighted by Crippen LogP contribution is -2.44. The summed E-state index contributed by atoms with van der Waals surface area (Å²) in [7, 11) is 0. The molecule has 0 fully saturated rings. The minimum atomic E-state index is 0.00301. The molecule has 2 atom stereocenters. The Morgan fingerprint density at radius 2 is 1.56 bits per heavy atom. The van der Waals surface area contributed by atoms with Gasteiger partial charge in [0.25, 0.3) is 0 Å². The first-order chi connectivity index (χ1) is 7.61. The van der Waals surface area contributed by atoms with Crippen LogP contribution in [0.15, 0.2) is 24.3 Å². The molecule has 0 amide bonds. The predicted octanol–water partition coefficient (Wildman–Crippen LogP) is 1.56. The van der Waals surface area contributed by atoms with Gasteiger partial charge in [0.2, 0.25) is 0 Å². The van der Waals surface area contributed by atoms with Gasteiger partial charge in [-0.1, -0.05) is 18.2 Å². The van der Waals surface area contributed by atoms with Crippen LogP contribution in [0.5, 0.6) is 0 Å². The van der Waals surface area contributed by atoms with Gasteiger partial charge in [-0.2, -0.15) is 0 Å². The molecule has 0 aliphatic carbocycles. The average Bonchev–Trinajstić information content (AvgIpc) is 2.31. The number of benzene rings is 1. The molecule has 1 aromatic rings. The van der Waals surface area contributed by atoms with E-state index in [0.717, 1.165) is 11.3 Å². The van der Waals surface area contributed by atoms with Crippen LogP contribution in [-0.4, -0.2) is 35.5 Å². The van der Waals surface area contributed by atoms with Gasteiger partial charge in [0.1, 0.15) is 0 Å². The summed E-state index contributed by atoms with van der Waals surface area (Å²) in [4.78, 5) is 2.06. The Morgan fingerprint density at radius 1 is 1.06 bits per heavy atom. The van der Waals surface area contributed by atoms with Gasteiger partial charge in [0.05, 0.1) is 13.2 Å². The third-order valence-corrected chi connectivity index (χ3v) is 2.87. The Morgan fingerprint density at radius 3 is 2.00 bits per heavy atom. The molecule has 0 heterocycles. The number of anilines is 1. The van der Waals surface area contributed by atoms with Crippen LogP contribution in [0.2, 0.25) is 0 Å². The highest BCUT2D eigenvalue weighted by molar-refractivity contribution is 5.54. The van der Waals surface area contributed by atoms with Crippen LogP contribution >= 0.6 is 0 Å². The van der Waals surface area contributed by atoms with E-state index < -0.39 is 0 Å². The summed E-state index contributed by atoms with van der Waals surface area (Å²) in [5.41, 5.74) is 2.23. The Bertz CT molecular complexity index is 317. The van der Waals surface area contributed by atoms with Crippen molar-refractivity contribution in [2.75, 3.05) is 18.1 Å². The van der Waals surface area contributed by atoms with E-state index in [1.54, 1.807) is 0 Å². The maximum atomic E-state index is 9.28. The molecule has 0 aliphatic rings. The standard InChI is InChI=1S/C13H21NO2/c1-10-6-4-5-7-13(10)14(11(2)8-15)12(3)9-16/h4-7,11-12,15-16H,8-9H2,1-3H3. The summed E-state index contributed by atoms with van der Waals surface area (Å²) in [5.74, 6) is 0. The molecule has 3 heteroatoms. The van der Waals surface area contributed by atoms with Crippen LogP contribution in [0.4, 0.5) is 5.69 Å². The number of nitrogens with zero attached hydrogens (tertiary/aromatic N) is 1. The summed E-state index contributed by atoms with van der Waals surface area (Å²) in [5, 5.41) is 18.6. The SMILES string of the molecule is Cc1ccccc1N(C(C)CO)C(C)CO. The first-order valence-electron chi connectivity index (χ1n) is 5.67. The molecule has 2 unspecified atom stereocenters. The Labute approximate surface area is 97.3 Å². The van der Waals surface area contributed by atoms with Gasteiger partial charge in [-0.05, 0) is 32.4 Å². The lowest BCUT2D eigenvalue weighted by Gasteiger charge is -2.36. The zero-order chi connectivity index (χ0) is 12.1. The van der Waals surface area contributed by atoms with Gasteiger partial charge in [-0.15, -0.1) is 0 Å². The maximum absolute atomic E-state index is 9.28. The third-order valence-electron chi connectivity index (χ3n) is 2.87. The first-order valence-corrected chi connectivity index (χ1v) is 5.67. The van der Waals surface area contributed by atoms with Crippen LogP contribution in [0.1, 0.15) is 19.4 Å². The van der Waals surface area contributed by atoms with Crippen LogP contribution in [0, 0.1) is 6.92 Å². The molecule has 3 nitrogen and oxygen atoms in total. The van der Waals surface area contributed by atoms with Crippen LogP contribution in [-0.2, 0) is 0 Å². The molecule has 0 bridgehead atoms. The van der Waals surface area contributed by atoms with Crippen molar-refractivity contribution >= 4 is 5.69 Å². The summed E-state index contributed by atoms with van der Waals surface area (Å²) in [6.45, 7) is 6.12. The monoisotopic (exact) mass is 223 g/mol. The van der Waals surface area contributed by atoms with E-state index in [4.69, 9.17) is 0 Å². The van der Waals surface area contributed by atoms with Gasteiger partial charge in [0.15, 0.2) is 0 Å². The largest absolute Gasteiger partial charge is 0.394 e. The number of aliphatic hydroxyl groups excluding tert-OH is 2. The van der Waals surface area contributed by atoms with E-state index in [1.807, 2.05) is 45.0 Å². The molecular formula is C13H21NO2. The van der Waals surface area contributed by atoms with Gasteiger partial charge >= 0.3 is 0 Å². The van der Waals surface area contributed by atoms with Crippen molar-refractivity contribution in [1.29, 1.82) is 0 Å². The van der Waals surface area contributed by atoms with Crippen molar-refractivity contribution in [3.05, 3.63) is 29.8 Å².